The second-order valence-electron chi connectivity index (χ2n) is 5.61. The predicted octanol–water partition coefficient (Wildman–Crippen LogP) is 0.623. The van der Waals surface area contributed by atoms with Crippen molar-refractivity contribution in [1.29, 1.82) is 0 Å². The van der Waals surface area contributed by atoms with E-state index >= 15 is 0 Å². The van der Waals surface area contributed by atoms with Crippen molar-refractivity contribution in [3.63, 3.8) is 0 Å². The van der Waals surface area contributed by atoms with E-state index in [2.05, 4.69) is 10.2 Å². The number of amides is 1. The Labute approximate surface area is 103 Å². The first kappa shape index (κ1) is 11.5. The van der Waals surface area contributed by atoms with Gasteiger partial charge in [0.25, 0.3) is 0 Å². The first-order chi connectivity index (χ1) is 8.34. The molecule has 4 nitrogen and oxygen atoms in total. The smallest absolute Gasteiger partial charge is 0.227 e. The molecule has 3 aliphatic heterocycles. The fourth-order valence-corrected chi connectivity index (χ4v) is 3.41. The van der Waals surface area contributed by atoms with Crippen molar-refractivity contribution in [2.45, 2.75) is 31.7 Å². The molecule has 1 amide bonds. The molecule has 0 spiro atoms. The molecule has 0 aromatic heterocycles. The van der Waals surface area contributed by atoms with Crippen molar-refractivity contribution in [2.75, 3.05) is 32.8 Å². The van der Waals surface area contributed by atoms with Crippen molar-refractivity contribution >= 4 is 5.91 Å². The molecular weight excluding hydrogens is 216 g/mol. The van der Waals surface area contributed by atoms with Crippen LogP contribution in [0.2, 0.25) is 0 Å². The third-order valence-corrected chi connectivity index (χ3v) is 4.45. The lowest BCUT2D eigenvalue weighted by Crippen LogP contribution is -2.41. The van der Waals surface area contributed by atoms with Crippen molar-refractivity contribution in [3.05, 3.63) is 0 Å². The number of hydrogen-bond acceptors (Lipinski definition) is 3. The topological polar surface area (TPSA) is 41.6 Å². The average Bonchev–Trinajstić information content (AvgIpc) is 2.68. The molecule has 0 saturated carbocycles. The maximum Gasteiger partial charge on any atom is 0.227 e. The van der Waals surface area contributed by atoms with Crippen LogP contribution in [-0.4, -0.2) is 49.7 Å². The molecule has 17 heavy (non-hydrogen) atoms. The normalized spacial score (nSPS) is 35.1. The van der Waals surface area contributed by atoms with E-state index in [0.29, 0.717) is 17.9 Å². The first-order valence-corrected chi connectivity index (χ1v) is 6.94. The number of nitrogens with zero attached hydrogens (tertiary/aromatic N) is 1. The summed E-state index contributed by atoms with van der Waals surface area (Å²) in [4.78, 5) is 14.4. The Bertz CT molecular complexity index is 289. The van der Waals surface area contributed by atoms with Crippen LogP contribution in [0.1, 0.15) is 25.7 Å². The van der Waals surface area contributed by atoms with Crippen molar-refractivity contribution < 1.29 is 9.53 Å². The molecule has 4 heteroatoms. The van der Waals surface area contributed by atoms with Crippen LogP contribution in [0.3, 0.4) is 0 Å². The number of carbonyl (C=O) groups is 1. The number of nitrogens with one attached hydrogen (secondary N) is 1. The highest BCUT2D eigenvalue weighted by molar-refractivity contribution is 5.82. The Morgan fingerprint density at radius 2 is 2.12 bits per heavy atom. The van der Waals surface area contributed by atoms with Crippen LogP contribution >= 0.6 is 0 Å². The summed E-state index contributed by atoms with van der Waals surface area (Å²) < 4.78 is 5.37. The lowest BCUT2D eigenvalue weighted by Gasteiger charge is -2.27. The monoisotopic (exact) mass is 238 g/mol. The van der Waals surface area contributed by atoms with Crippen molar-refractivity contribution in [3.8, 4) is 0 Å². The van der Waals surface area contributed by atoms with Gasteiger partial charge in [-0.3, -0.25) is 4.79 Å². The Hall–Kier alpha value is -0.610. The largest absolute Gasteiger partial charge is 0.381 e. The Balaban J connectivity index is 1.58. The molecule has 3 aliphatic rings. The molecule has 0 aliphatic carbocycles. The molecule has 96 valence electrons. The van der Waals surface area contributed by atoms with Gasteiger partial charge in [0.15, 0.2) is 0 Å². The van der Waals surface area contributed by atoms with Crippen LogP contribution in [0.5, 0.6) is 0 Å². The van der Waals surface area contributed by atoms with Gasteiger partial charge in [0.2, 0.25) is 5.91 Å². The van der Waals surface area contributed by atoms with Crippen LogP contribution in [-0.2, 0) is 9.53 Å². The van der Waals surface area contributed by atoms with Crippen molar-refractivity contribution in [2.24, 2.45) is 11.8 Å². The van der Waals surface area contributed by atoms with E-state index in [-0.39, 0.29) is 5.92 Å². The Kier molecular flexibility index (Phi) is 3.34. The summed E-state index contributed by atoms with van der Waals surface area (Å²) in [5.41, 5.74) is 0. The van der Waals surface area contributed by atoms with Crippen LogP contribution in [0.15, 0.2) is 0 Å². The fraction of sp³-hybridized carbons (Fsp3) is 0.923. The predicted molar refractivity (Wildman–Crippen MR) is 64.6 cm³/mol. The zero-order valence-corrected chi connectivity index (χ0v) is 10.4. The maximum atomic E-state index is 12.3. The minimum atomic E-state index is 0.267. The summed E-state index contributed by atoms with van der Waals surface area (Å²) in [6.07, 6.45) is 4.47. The van der Waals surface area contributed by atoms with Gasteiger partial charge in [0, 0.05) is 32.3 Å². The third kappa shape index (κ3) is 2.33. The molecule has 3 heterocycles. The second kappa shape index (κ2) is 4.94. The molecule has 3 saturated heterocycles. The van der Waals surface area contributed by atoms with Crippen LogP contribution in [0.4, 0.5) is 0 Å². The van der Waals surface area contributed by atoms with E-state index < -0.39 is 0 Å². The highest BCUT2D eigenvalue weighted by atomic mass is 16.5. The van der Waals surface area contributed by atoms with Gasteiger partial charge in [-0.15, -0.1) is 0 Å². The SMILES string of the molecule is O=C1C2CCCNC2CN1CC1CCOCC1. The summed E-state index contributed by atoms with van der Waals surface area (Å²) in [6, 6.07) is 0.427. The number of piperidine rings is 1. The molecule has 0 aromatic carbocycles. The van der Waals surface area contributed by atoms with Gasteiger partial charge >= 0.3 is 0 Å². The van der Waals surface area contributed by atoms with Gasteiger partial charge in [0.1, 0.15) is 0 Å². The van der Waals surface area contributed by atoms with E-state index in [0.717, 1.165) is 58.5 Å². The molecule has 2 atom stereocenters. The zero-order chi connectivity index (χ0) is 11.7. The van der Waals surface area contributed by atoms with Gasteiger partial charge in [-0.1, -0.05) is 0 Å². The minimum absolute atomic E-state index is 0.267. The van der Waals surface area contributed by atoms with E-state index in [4.69, 9.17) is 4.74 Å². The number of hydrogen-bond donors (Lipinski definition) is 1. The molecule has 0 radical (unpaired) electrons. The highest BCUT2D eigenvalue weighted by Gasteiger charge is 2.41. The van der Waals surface area contributed by atoms with Gasteiger partial charge < -0.3 is 15.0 Å². The number of fused-ring (bicyclic) bond motifs is 1. The van der Waals surface area contributed by atoms with Gasteiger partial charge in [-0.25, -0.2) is 0 Å². The van der Waals surface area contributed by atoms with Gasteiger partial charge in [-0.05, 0) is 38.1 Å². The number of carbonyl (C=O) groups excluding carboxylic acids is 1. The lowest BCUT2D eigenvalue weighted by atomic mass is 9.93. The molecule has 1 N–H and O–H groups in total. The van der Waals surface area contributed by atoms with E-state index in [1.54, 1.807) is 0 Å². The molecule has 2 unspecified atom stereocenters. The highest BCUT2D eigenvalue weighted by Crippen LogP contribution is 2.28. The average molecular weight is 238 g/mol. The second-order valence-corrected chi connectivity index (χ2v) is 5.61. The summed E-state index contributed by atoms with van der Waals surface area (Å²) in [7, 11) is 0. The summed E-state index contributed by atoms with van der Waals surface area (Å²) in [6.45, 7) is 4.72. The molecule has 0 bridgehead atoms. The fourth-order valence-electron chi connectivity index (χ4n) is 3.41. The number of likely N-dealkylation sites (tertiary alicyclic amines) is 1. The Morgan fingerprint density at radius 3 is 2.88 bits per heavy atom. The summed E-state index contributed by atoms with van der Waals surface area (Å²) in [5, 5.41) is 3.49. The zero-order valence-electron chi connectivity index (χ0n) is 10.4. The lowest BCUT2D eigenvalue weighted by molar-refractivity contribution is -0.132. The third-order valence-electron chi connectivity index (χ3n) is 4.45. The standard InChI is InChI=1S/C13H22N2O2/c16-13-11-2-1-5-14-12(11)9-15(13)8-10-3-6-17-7-4-10/h10-12,14H,1-9H2. The quantitative estimate of drug-likeness (QED) is 0.767. The van der Waals surface area contributed by atoms with Gasteiger partial charge in [-0.2, -0.15) is 0 Å². The molecular formula is C13H22N2O2. The number of ether oxygens (including phenoxy) is 1. The van der Waals surface area contributed by atoms with Crippen LogP contribution in [0.25, 0.3) is 0 Å². The number of rotatable bonds is 2. The Morgan fingerprint density at radius 1 is 1.29 bits per heavy atom. The molecule has 0 aromatic rings. The van der Waals surface area contributed by atoms with E-state index in [1.807, 2.05) is 0 Å². The maximum absolute atomic E-state index is 12.3. The van der Waals surface area contributed by atoms with Crippen LogP contribution in [0, 0.1) is 11.8 Å². The van der Waals surface area contributed by atoms with E-state index in [9.17, 15) is 4.79 Å². The van der Waals surface area contributed by atoms with Crippen LogP contribution < -0.4 is 5.32 Å². The van der Waals surface area contributed by atoms with Gasteiger partial charge in [0.05, 0.1) is 5.92 Å². The first-order valence-electron chi connectivity index (χ1n) is 6.94. The minimum Gasteiger partial charge on any atom is -0.381 e. The molecule has 3 rings (SSSR count). The van der Waals surface area contributed by atoms with E-state index in [1.165, 1.54) is 0 Å². The summed E-state index contributed by atoms with van der Waals surface area (Å²) >= 11 is 0. The van der Waals surface area contributed by atoms with Crippen molar-refractivity contribution in [1.82, 2.24) is 10.2 Å². The molecule has 3 fully saturated rings. The summed E-state index contributed by atoms with van der Waals surface area (Å²) in [5.74, 6) is 1.32.